The molecule has 0 aliphatic carbocycles. The monoisotopic (exact) mass is 402 g/mol. The smallest absolute Gasteiger partial charge is 0.406 e. The first-order valence-corrected chi connectivity index (χ1v) is 8.65. The van der Waals surface area contributed by atoms with E-state index in [4.69, 9.17) is 0 Å². The predicted octanol–water partition coefficient (Wildman–Crippen LogP) is 4.03. The van der Waals surface area contributed by atoms with Gasteiger partial charge in [-0.3, -0.25) is 9.59 Å². The average Bonchev–Trinajstić information content (AvgIpc) is 2.57. The van der Waals surface area contributed by atoms with Crippen molar-refractivity contribution >= 4 is 35.0 Å². The normalized spacial score (nSPS) is 11.0. The van der Waals surface area contributed by atoms with Gasteiger partial charge in [-0.1, -0.05) is 0 Å². The molecule has 2 amide bonds. The van der Waals surface area contributed by atoms with Crippen LogP contribution in [-0.4, -0.2) is 29.7 Å². The van der Waals surface area contributed by atoms with E-state index < -0.39 is 23.8 Å². The third-order valence-corrected chi connectivity index (χ3v) is 3.90. The number of hydrogen-bond acceptors (Lipinski definition) is 4. The molecule has 2 aromatic rings. The number of hydrogen-bond donors (Lipinski definition) is 2. The van der Waals surface area contributed by atoms with E-state index in [0.717, 1.165) is 23.9 Å². The van der Waals surface area contributed by atoms with Gasteiger partial charge in [0, 0.05) is 11.4 Å². The van der Waals surface area contributed by atoms with Crippen molar-refractivity contribution in [1.82, 2.24) is 0 Å². The SMILES string of the molecule is O=C(CSCC(=O)Nc1ccc(OC(F)(F)F)cc1)Nc1ccc(F)cc1. The van der Waals surface area contributed by atoms with Gasteiger partial charge < -0.3 is 15.4 Å². The van der Waals surface area contributed by atoms with Gasteiger partial charge in [-0.2, -0.15) is 0 Å². The Kier molecular flexibility index (Phi) is 7.05. The number of carbonyl (C=O) groups excluding carboxylic acids is 2. The van der Waals surface area contributed by atoms with Crippen molar-refractivity contribution in [3.63, 3.8) is 0 Å². The topological polar surface area (TPSA) is 67.4 Å². The Hall–Kier alpha value is -2.75. The fourth-order valence-electron chi connectivity index (χ4n) is 1.90. The lowest BCUT2D eigenvalue weighted by Crippen LogP contribution is -2.18. The molecule has 2 aromatic carbocycles. The molecule has 0 unspecified atom stereocenters. The third kappa shape index (κ3) is 7.99. The number of ether oxygens (including phenoxy) is 1. The molecule has 0 aliphatic rings. The van der Waals surface area contributed by atoms with E-state index in [1.165, 1.54) is 36.4 Å². The molecule has 0 atom stereocenters. The summed E-state index contributed by atoms with van der Waals surface area (Å²) in [6.07, 6.45) is -4.78. The fourth-order valence-corrected chi connectivity index (χ4v) is 2.52. The summed E-state index contributed by atoms with van der Waals surface area (Å²) in [6.45, 7) is 0. The van der Waals surface area contributed by atoms with Gasteiger partial charge in [-0.05, 0) is 48.5 Å². The molecule has 0 bridgehead atoms. The van der Waals surface area contributed by atoms with Gasteiger partial charge >= 0.3 is 6.36 Å². The van der Waals surface area contributed by atoms with E-state index in [0.29, 0.717) is 11.4 Å². The van der Waals surface area contributed by atoms with Crippen LogP contribution in [0.2, 0.25) is 0 Å². The van der Waals surface area contributed by atoms with Crippen LogP contribution in [0.1, 0.15) is 0 Å². The molecule has 5 nitrogen and oxygen atoms in total. The number of amides is 2. The Balaban J connectivity index is 1.71. The minimum absolute atomic E-state index is 0.00313. The molecule has 10 heteroatoms. The highest BCUT2D eigenvalue weighted by Gasteiger charge is 2.30. The van der Waals surface area contributed by atoms with Gasteiger partial charge in [0.25, 0.3) is 0 Å². The second-order valence-electron chi connectivity index (χ2n) is 5.17. The first kappa shape index (κ1) is 20.6. The summed E-state index contributed by atoms with van der Waals surface area (Å²) in [5, 5.41) is 5.05. The zero-order valence-corrected chi connectivity index (χ0v) is 14.5. The van der Waals surface area contributed by atoms with Crippen LogP contribution in [0.5, 0.6) is 5.75 Å². The summed E-state index contributed by atoms with van der Waals surface area (Å²) in [6, 6.07) is 9.94. The lowest BCUT2D eigenvalue weighted by molar-refractivity contribution is -0.274. The van der Waals surface area contributed by atoms with Crippen LogP contribution in [-0.2, 0) is 9.59 Å². The Morgan fingerprint density at radius 1 is 0.852 bits per heavy atom. The lowest BCUT2D eigenvalue weighted by Gasteiger charge is -2.10. The molecule has 2 N–H and O–H groups in total. The molecule has 0 saturated carbocycles. The molecule has 0 spiro atoms. The van der Waals surface area contributed by atoms with Gasteiger partial charge in [0.15, 0.2) is 0 Å². The maximum absolute atomic E-state index is 12.8. The number of benzene rings is 2. The summed E-state index contributed by atoms with van der Waals surface area (Å²) in [5.41, 5.74) is 0.735. The first-order chi connectivity index (χ1) is 12.7. The Morgan fingerprint density at radius 3 is 1.74 bits per heavy atom. The fraction of sp³-hybridized carbons (Fsp3) is 0.176. The number of anilines is 2. The Bertz CT molecular complexity index is 780. The van der Waals surface area contributed by atoms with E-state index >= 15 is 0 Å². The van der Waals surface area contributed by atoms with Crippen molar-refractivity contribution in [2.45, 2.75) is 6.36 Å². The molecule has 0 heterocycles. The summed E-state index contributed by atoms with van der Waals surface area (Å²) < 4.78 is 52.7. The highest BCUT2D eigenvalue weighted by Crippen LogP contribution is 2.24. The zero-order valence-electron chi connectivity index (χ0n) is 13.7. The van der Waals surface area contributed by atoms with Gasteiger partial charge in [0.05, 0.1) is 11.5 Å². The number of carbonyl (C=O) groups is 2. The lowest BCUT2D eigenvalue weighted by atomic mass is 10.3. The van der Waals surface area contributed by atoms with Crippen molar-refractivity contribution < 1.29 is 31.9 Å². The third-order valence-electron chi connectivity index (χ3n) is 2.97. The van der Waals surface area contributed by atoms with Crippen LogP contribution in [0.4, 0.5) is 28.9 Å². The van der Waals surface area contributed by atoms with Gasteiger partial charge in [0.2, 0.25) is 11.8 Å². The molecule has 0 fully saturated rings. The van der Waals surface area contributed by atoms with Gasteiger partial charge in [-0.15, -0.1) is 24.9 Å². The van der Waals surface area contributed by atoms with Gasteiger partial charge in [-0.25, -0.2) is 4.39 Å². The molecule has 0 aliphatic heterocycles. The van der Waals surface area contributed by atoms with Crippen LogP contribution in [0.15, 0.2) is 48.5 Å². The highest BCUT2D eigenvalue weighted by molar-refractivity contribution is 8.00. The zero-order chi connectivity index (χ0) is 19.9. The van der Waals surface area contributed by atoms with Crippen molar-refractivity contribution in [2.24, 2.45) is 0 Å². The van der Waals surface area contributed by atoms with Crippen molar-refractivity contribution in [3.05, 3.63) is 54.3 Å². The van der Waals surface area contributed by atoms with E-state index in [1.54, 1.807) is 0 Å². The van der Waals surface area contributed by atoms with E-state index in [2.05, 4.69) is 15.4 Å². The molecule has 0 aromatic heterocycles. The highest BCUT2D eigenvalue weighted by atomic mass is 32.2. The number of nitrogens with one attached hydrogen (secondary N) is 2. The number of thioether (sulfide) groups is 1. The molecular weight excluding hydrogens is 388 g/mol. The second kappa shape index (κ2) is 9.26. The summed E-state index contributed by atoms with van der Waals surface area (Å²) in [4.78, 5) is 23.5. The molecule has 144 valence electrons. The van der Waals surface area contributed by atoms with Gasteiger partial charge in [0.1, 0.15) is 11.6 Å². The molecule has 0 saturated heterocycles. The Labute approximate surface area is 156 Å². The Morgan fingerprint density at radius 2 is 1.30 bits per heavy atom. The summed E-state index contributed by atoms with van der Waals surface area (Å²) in [5.74, 6) is -1.61. The number of alkyl halides is 3. The van der Waals surface area contributed by atoms with Crippen LogP contribution in [0.3, 0.4) is 0 Å². The maximum atomic E-state index is 12.8. The average molecular weight is 402 g/mol. The maximum Gasteiger partial charge on any atom is 0.573 e. The van der Waals surface area contributed by atoms with Crippen molar-refractivity contribution in [3.8, 4) is 5.75 Å². The molecule has 27 heavy (non-hydrogen) atoms. The largest absolute Gasteiger partial charge is 0.573 e. The number of halogens is 4. The van der Waals surface area contributed by atoms with Crippen LogP contribution in [0.25, 0.3) is 0 Å². The molecule has 2 rings (SSSR count). The van der Waals surface area contributed by atoms with Crippen LogP contribution >= 0.6 is 11.8 Å². The second-order valence-corrected chi connectivity index (χ2v) is 6.15. The minimum Gasteiger partial charge on any atom is -0.406 e. The van der Waals surface area contributed by atoms with E-state index in [-0.39, 0.29) is 17.4 Å². The standard InChI is InChI=1S/C17H14F4N2O3S/c18-11-1-3-12(4-2-11)22-15(24)9-27-10-16(25)23-13-5-7-14(8-6-13)26-17(19,20)21/h1-8H,9-10H2,(H,22,24)(H,23,25). The number of rotatable bonds is 7. The quantitative estimate of drug-likeness (QED) is 0.686. The predicted molar refractivity (Wildman–Crippen MR) is 94.1 cm³/mol. The van der Waals surface area contributed by atoms with E-state index in [9.17, 15) is 27.2 Å². The van der Waals surface area contributed by atoms with Crippen LogP contribution < -0.4 is 15.4 Å². The first-order valence-electron chi connectivity index (χ1n) is 7.50. The summed E-state index contributed by atoms with van der Waals surface area (Å²) >= 11 is 1.05. The van der Waals surface area contributed by atoms with E-state index in [1.807, 2.05) is 0 Å². The van der Waals surface area contributed by atoms with Crippen molar-refractivity contribution in [1.29, 1.82) is 0 Å². The minimum atomic E-state index is -4.78. The summed E-state index contributed by atoms with van der Waals surface area (Å²) in [7, 11) is 0. The molecular formula is C17H14F4N2O3S. The van der Waals surface area contributed by atoms with Crippen LogP contribution in [0, 0.1) is 5.82 Å². The molecule has 0 radical (unpaired) electrons. The van der Waals surface area contributed by atoms with Crippen molar-refractivity contribution in [2.75, 3.05) is 22.1 Å².